The van der Waals surface area contributed by atoms with Crippen LogP contribution in [0.5, 0.6) is 5.75 Å². The van der Waals surface area contributed by atoms with E-state index in [0.29, 0.717) is 5.16 Å². The molecular formula is C17H21N5O2S. The van der Waals surface area contributed by atoms with Gasteiger partial charge in [-0.05, 0) is 39.0 Å². The quantitative estimate of drug-likeness (QED) is 0.721. The lowest BCUT2D eigenvalue weighted by molar-refractivity contribution is -0.119. The topological polar surface area (TPSA) is 81.9 Å². The van der Waals surface area contributed by atoms with Crippen LogP contribution >= 0.6 is 11.8 Å². The Morgan fingerprint density at radius 1 is 1.32 bits per heavy atom. The maximum absolute atomic E-state index is 11.9. The first-order valence-corrected chi connectivity index (χ1v) is 8.88. The second kappa shape index (κ2) is 6.51. The molecule has 0 radical (unpaired) electrons. The van der Waals surface area contributed by atoms with E-state index < -0.39 is 0 Å². The molecule has 0 fully saturated rings. The lowest BCUT2D eigenvalue weighted by Crippen LogP contribution is -2.41. The lowest BCUT2D eigenvalue weighted by atomic mass is 10.1. The number of amides is 1. The molecule has 8 heteroatoms. The van der Waals surface area contributed by atoms with Crippen LogP contribution in [0.2, 0.25) is 0 Å². The number of methoxy groups -OCH3 is 1. The molecule has 0 unspecified atom stereocenters. The van der Waals surface area contributed by atoms with Gasteiger partial charge < -0.3 is 14.6 Å². The van der Waals surface area contributed by atoms with Gasteiger partial charge >= 0.3 is 0 Å². The van der Waals surface area contributed by atoms with Crippen LogP contribution in [0.25, 0.3) is 22.1 Å². The minimum absolute atomic E-state index is 0.0528. The number of ether oxygens (including phenoxy) is 1. The van der Waals surface area contributed by atoms with Crippen LogP contribution in [0.3, 0.4) is 0 Å². The van der Waals surface area contributed by atoms with E-state index in [1.807, 2.05) is 50.6 Å². The van der Waals surface area contributed by atoms with Crippen LogP contribution < -0.4 is 10.1 Å². The smallest absolute Gasteiger partial charge is 0.230 e. The highest BCUT2D eigenvalue weighted by Gasteiger charge is 2.16. The van der Waals surface area contributed by atoms with Crippen molar-refractivity contribution in [2.75, 3.05) is 12.9 Å². The molecule has 0 aliphatic rings. The fourth-order valence-electron chi connectivity index (χ4n) is 2.60. The summed E-state index contributed by atoms with van der Waals surface area (Å²) in [4.78, 5) is 16.5. The standard InChI is InChI=1S/C17H21N5O2S/c1-17(2,3)19-13(23)9-25-16-18-15-14(20-21-16)11-8-10(24-5)6-7-12(11)22(15)4/h6-8H,9H2,1-5H3,(H,19,23). The highest BCUT2D eigenvalue weighted by Crippen LogP contribution is 2.29. The van der Waals surface area contributed by atoms with Crippen LogP contribution in [-0.4, -0.2) is 44.1 Å². The van der Waals surface area contributed by atoms with Crippen molar-refractivity contribution in [1.82, 2.24) is 25.1 Å². The normalized spacial score (nSPS) is 11.9. The minimum Gasteiger partial charge on any atom is -0.497 e. The van der Waals surface area contributed by atoms with Crippen LogP contribution in [0.15, 0.2) is 23.4 Å². The van der Waals surface area contributed by atoms with Crippen molar-refractivity contribution < 1.29 is 9.53 Å². The fourth-order valence-corrected chi connectivity index (χ4v) is 3.18. The number of nitrogens with one attached hydrogen (secondary N) is 1. The number of carbonyl (C=O) groups is 1. The summed E-state index contributed by atoms with van der Waals surface area (Å²) in [6, 6.07) is 5.81. The molecule has 2 aromatic heterocycles. The third-order valence-corrected chi connectivity index (χ3v) is 4.47. The number of thioether (sulfide) groups is 1. The predicted molar refractivity (Wildman–Crippen MR) is 99.0 cm³/mol. The van der Waals surface area contributed by atoms with Gasteiger partial charge in [0.2, 0.25) is 11.1 Å². The SMILES string of the molecule is COc1ccc2c(c1)c1nnc(SCC(=O)NC(C)(C)C)nc1n2C. The van der Waals surface area contributed by atoms with Crippen molar-refractivity contribution in [3.05, 3.63) is 18.2 Å². The van der Waals surface area contributed by atoms with Crippen molar-refractivity contribution in [3.63, 3.8) is 0 Å². The molecule has 1 N–H and O–H groups in total. The first-order valence-electron chi connectivity index (χ1n) is 7.89. The molecule has 132 valence electrons. The van der Waals surface area contributed by atoms with Crippen molar-refractivity contribution in [2.24, 2.45) is 7.05 Å². The highest BCUT2D eigenvalue weighted by atomic mass is 32.2. The third-order valence-electron chi connectivity index (χ3n) is 3.63. The molecule has 0 saturated carbocycles. The Balaban J connectivity index is 1.88. The zero-order valence-corrected chi connectivity index (χ0v) is 15.8. The second-order valence-corrected chi connectivity index (χ2v) is 7.74. The average Bonchev–Trinajstić information content (AvgIpc) is 2.83. The van der Waals surface area contributed by atoms with Gasteiger partial charge in [0.15, 0.2) is 5.65 Å². The molecule has 0 saturated heterocycles. The van der Waals surface area contributed by atoms with Gasteiger partial charge in [0.05, 0.1) is 18.4 Å². The Morgan fingerprint density at radius 3 is 2.76 bits per heavy atom. The van der Waals surface area contributed by atoms with E-state index >= 15 is 0 Å². The summed E-state index contributed by atoms with van der Waals surface area (Å²) in [5, 5.41) is 12.8. The zero-order valence-electron chi connectivity index (χ0n) is 15.0. The van der Waals surface area contributed by atoms with E-state index in [4.69, 9.17) is 4.74 Å². The molecule has 7 nitrogen and oxygen atoms in total. The Bertz CT molecular complexity index is 945. The van der Waals surface area contributed by atoms with Crippen molar-refractivity contribution in [1.29, 1.82) is 0 Å². The minimum atomic E-state index is -0.254. The van der Waals surface area contributed by atoms with Gasteiger partial charge in [0.25, 0.3) is 0 Å². The number of rotatable bonds is 4. The summed E-state index contributed by atoms with van der Waals surface area (Å²) >= 11 is 1.28. The number of benzene rings is 1. The van der Waals surface area contributed by atoms with Gasteiger partial charge in [-0.15, -0.1) is 10.2 Å². The average molecular weight is 359 g/mol. The summed E-state index contributed by atoms with van der Waals surface area (Å²) in [5.41, 5.74) is 2.21. The lowest BCUT2D eigenvalue weighted by Gasteiger charge is -2.20. The molecule has 0 spiro atoms. The summed E-state index contributed by atoms with van der Waals surface area (Å²) in [7, 11) is 3.57. The van der Waals surface area contributed by atoms with Crippen LogP contribution in [-0.2, 0) is 11.8 Å². The molecule has 0 aliphatic carbocycles. The van der Waals surface area contributed by atoms with E-state index in [1.54, 1.807) is 7.11 Å². The van der Waals surface area contributed by atoms with Crippen molar-refractivity contribution in [3.8, 4) is 5.75 Å². The molecule has 1 amide bonds. The molecule has 0 bridgehead atoms. The van der Waals surface area contributed by atoms with E-state index in [9.17, 15) is 4.79 Å². The number of hydrogen-bond donors (Lipinski definition) is 1. The first-order chi connectivity index (χ1) is 11.8. The molecule has 3 aromatic rings. The van der Waals surface area contributed by atoms with Crippen LogP contribution in [0.1, 0.15) is 20.8 Å². The third kappa shape index (κ3) is 3.68. The summed E-state index contributed by atoms with van der Waals surface area (Å²) < 4.78 is 7.25. The summed E-state index contributed by atoms with van der Waals surface area (Å²) in [6.45, 7) is 5.84. The molecule has 25 heavy (non-hydrogen) atoms. The van der Waals surface area contributed by atoms with E-state index in [1.165, 1.54) is 11.8 Å². The fraction of sp³-hybridized carbons (Fsp3) is 0.412. The Morgan fingerprint density at radius 2 is 2.08 bits per heavy atom. The Kier molecular flexibility index (Phi) is 4.55. The number of aryl methyl sites for hydroxylation is 1. The van der Waals surface area contributed by atoms with E-state index in [0.717, 1.165) is 27.8 Å². The summed E-state index contributed by atoms with van der Waals surface area (Å²) in [5.74, 6) is 0.962. The van der Waals surface area contributed by atoms with E-state index in [2.05, 4.69) is 20.5 Å². The molecule has 0 aliphatic heterocycles. The maximum atomic E-state index is 11.9. The first kappa shape index (κ1) is 17.5. The molecule has 3 rings (SSSR count). The van der Waals surface area contributed by atoms with E-state index in [-0.39, 0.29) is 17.2 Å². The molecular weight excluding hydrogens is 338 g/mol. The van der Waals surface area contributed by atoms with Gasteiger partial charge in [-0.3, -0.25) is 4.79 Å². The molecule has 0 atom stereocenters. The molecule has 2 heterocycles. The molecule has 1 aromatic carbocycles. The van der Waals surface area contributed by atoms with Gasteiger partial charge in [-0.1, -0.05) is 11.8 Å². The van der Waals surface area contributed by atoms with Gasteiger partial charge in [0.1, 0.15) is 11.3 Å². The Hall–Kier alpha value is -2.35. The summed E-state index contributed by atoms with van der Waals surface area (Å²) in [6.07, 6.45) is 0. The maximum Gasteiger partial charge on any atom is 0.230 e. The second-order valence-electron chi connectivity index (χ2n) is 6.80. The largest absolute Gasteiger partial charge is 0.497 e. The Labute approximate surface area is 150 Å². The van der Waals surface area contributed by atoms with Gasteiger partial charge in [-0.2, -0.15) is 0 Å². The van der Waals surface area contributed by atoms with Crippen LogP contribution in [0.4, 0.5) is 0 Å². The van der Waals surface area contributed by atoms with Crippen molar-refractivity contribution in [2.45, 2.75) is 31.5 Å². The monoisotopic (exact) mass is 359 g/mol. The number of nitrogens with zero attached hydrogens (tertiary/aromatic N) is 4. The zero-order chi connectivity index (χ0) is 18.2. The highest BCUT2D eigenvalue weighted by molar-refractivity contribution is 7.99. The van der Waals surface area contributed by atoms with Crippen molar-refractivity contribution >= 4 is 39.7 Å². The van der Waals surface area contributed by atoms with Gasteiger partial charge in [-0.25, -0.2) is 4.98 Å². The predicted octanol–water partition coefficient (Wildman–Crippen LogP) is 2.53. The number of fused-ring (bicyclic) bond motifs is 3. The number of carbonyl (C=O) groups excluding carboxylic acids is 1. The number of hydrogen-bond acceptors (Lipinski definition) is 6. The van der Waals surface area contributed by atoms with Crippen LogP contribution in [0, 0.1) is 0 Å². The number of aromatic nitrogens is 4. The van der Waals surface area contributed by atoms with Gasteiger partial charge in [0, 0.05) is 18.0 Å².